The summed E-state index contributed by atoms with van der Waals surface area (Å²) in [5.74, 6) is 1.38. The van der Waals surface area contributed by atoms with E-state index in [9.17, 15) is 4.79 Å². The van der Waals surface area contributed by atoms with Crippen LogP contribution >= 0.6 is 0 Å². The third kappa shape index (κ3) is 3.91. The largest absolute Gasteiger partial charge is 0.496 e. The fourth-order valence-corrected chi connectivity index (χ4v) is 2.71. The van der Waals surface area contributed by atoms with E-state index in [-0.39, 0.29) is 5.91 Å². The van der Waals surface area contributed by atoms with Gasteiger partial charge in [0.25, 0.3) is 5.91 Å². The smallest absolute Gasteiger partial charge is 0.251 e. The molecule has 1 amide bonds. The van der Waals surface area contributed by atoms with E-state index in [1.165, 1.54) is 5.39 Å². The number of carbonyl (C=O) groups is 1. The molecule has 25 heavy (non-hydrogen) atoms. The molecule has 0 spiro atoms. The van der Waals surface area contributed by atoms with Crippen LogP contribution in [0.4, 0.5) is 0 Å². The molecule has 3 aromatic rings. The molecule has 0 aliphatic carbocycles. The summed E-state index contributed by atoms with van der Waals surface area (Å²) in [7, 11) is 1.61. The number of amides is 1. The molecule has 0 bridgehead atoms. The van der Waals surface area contributed by atoms with E-state index in [0.717, 1.165) is 16.7 Å². The van der Waals surface area contributed by atoms with Crippen molar-refractivity contribution in [2.24, 2.45) is 0 Å². The van der Waals surface area contributed by atoms with E-state index >= 15 is 0 Å². The lowest BCUT2D eigenvalue weighted by molar-refractivity contribution is 0.0955. The highest BCUT2D eigenvalue weighted by Gasteiger charge is 2.10. The molecule has 0 saturated heterocycles. The maximum absolute atomic E-state index is 12.0. The lowest BCUT2D eigenvalue weighted by atomic mass is 10.1. The Hall–Kier alpha value is -3.01. The Morgan fingerprint density at radius 1 is 1.00 bits per heavy atom. The molecule has 3 rings (SSSR count). The molecule has 0 fully saturated rings. The van der Waals surface area contributed by atoms with Crippen LogP contribution in [0.5, 0.6) is 11.5 Å². The molecule has 0 heterocycles. The zero-order chi connectivity index (χ0) is 17.6. The number of nitrogens with one attached hydrogen (secondary N) is 1. The number of fused-ring (bicyclic) bond motifs is 1. The van der Waals surface area contributed by atoms with Gasteiger partial charge >= 0.3 is 0 Å². The van der Waals surface area contributed by atoms with Gasteiger partial charge < -0.3 is 14.8 Å². The Labute approximate surface area is 147 Å². The summed E-state index contributed by atoms with van der Waals surface area (Å²) in [6.07, 6.45) is 0. The zero-order valence-corrected chi connectivity index (χ0v) is 14.4. The predicted molar refractivity (Wildman–Crippen MR) is 99.3 cm³/mol. The first-order valence-electron chi connectivity index (χ1n) is 8.28. The van der Waals surface area contributed by atoms with Gasteiger partial charge in [0.2, 0.25) is 0 Å². The summed E-state index contributed by atoms with van der Waals surface area (Å²) in [6, 6.07) is 19.5. The average Bonchev–Trinajstić information content (AvgIpc) is 2.66. The Morgan fingerprint density at radius 3 is 2.56 bits per heavy atom. The lowest BCUT2D eigenvalue weighted by Crippen LogP contribution is -2.22. The summed E-state index contributed by atoms with van der Waals surface area (Å²) < 4.78 is 11.3. The van der Waals surface area contributed by atoms with Crippen molar-refractivity contribution in [2.45, 2.75) is 13.5 Å². The van der Waals surface area contributed by atoms with Crippen molar-refractivity contribution in [3.8, 4) is 11.5 Å². The molecule has 3 aromatic carbocycles. The average molecular weight is 335 g/mol. The van der Waals surface area contributed by atoms with Gasteiger partial charge in [-0.05, 0) is 48.0 Å². The van der Waals surface area contributed by atoms with Crippen LogP contribution in [-0.4, -0.2) is 19.6 Å². The van der Waals surface area contributed by atoms with Crippen molar-refractivity contribution < 1.29 is 14.3 Å². The van der Waals surface area contributed by atoms with Gasteiger partial charge in [-0.15, -0.1) is 0 Å². The number of benzene rings is 3. The Morgan fingerprint density at radius 2 is 1.80 bits per heavy atom. The fraction of sp³-hybridized carbons (Fsp3) is 0.190. The van der Waals surface area contributed by atoms with Gasteiger partial charge in [0.05, 0.1) is 7.11 Å². The molecule has 0 aliphatic heterocycles. The van der Waals surface area contributed by atoms with Crippen LogP contribution in [0.2, 0.25) is 0 Å². The molecular formula is C21H21NO3. The molecule has 4 nitrogen and oxygen atoms in total. The monoisotopic (exact) mass is 335 g/mol. The first-order chi connectivity index (χ1) is 12.2. The second-order valence-corrected chi connectivity index (χ2v) is 5.68. The summed E-state index contributed by atoms with van der Waals surface area (Å²) in [5, 5.41) is 5.10. The van der Waals surface area contributed by atoms with Gasteiger partial charge in [0.15, 0.2) is 0 Å². The third-order valence-corrected chi connectivity index (χ3v) is 4.00. The number of rotatable bonds is 6. The number of ether oxygens (including phenoxy) is 2. The predicted octanol–water partition coefficient (Wildman–Crippen LogP) is 4.18. The SMILES string of the molecule is CCNC(=O)c1ccc(OC)c(COc2ccc3ccccc3c2)c1. The van der Waals surface area contributed by atoms with Crippen molar-refractivity contribution in [3.63, 3.8) is 0 Å². The molecule has 0 unspecified atom stereocenters. The van der Waals surface area contributed by atoms with E-state index in [0.29, 0.717) is 24.5 Å². The second-order valence-electron chi connectivity index (χ2n) is 5.68. The van der Waals surface area contributed by atoms with E-state index < -0.39 is 0 Å². The lowest BCUT2D eigenvalue weighted by Gasteiger charge is -2.12. The quantitative estimate of drug-likeness (QED) is 0.735. The van der Waals surface area contributed by atoms with Crippen molar-refractivity contribution in [1.29, 1.82) is 0 Å². The van der Waals surface area contributed by atoms with Crippen LogP contribution in [0.3, 0.4) is 0 Å². The highest BCUT2D eigenvalue weighted by atomic mass is 16.5. The maximum Gasteiger partial charge on any atom is 0.251 e. The minimum Gasteiger partial charge on any atom is -0.496 e. The summed E-state index contributed by atoms with van der Waals surface area (Å²) in [6.45, 7) is 2.81. The highest BCUT2D eigenvalue weighted by Crippen LogP contribution is 2.24. The minimum atomic E-state index is -0.0999. The van der Waals surface area contributed by atoms with E-state index in [4.69, 9.17) is 9.47 Å². The minimum absolute atomic E-state index is 0.0999. The molecule has 4 heteroatoms. The molecule has 0 aliphatic rings. The van der Waals surface area contributed by atoms with Gasteiger partial charge in [0.1, 0.15) is 18.1 Å². The van der Waals surface area contributed by atoms with Gasteiger partial charge in [-0.1, -0.05) is 30.3 Å². The van der Waals surface area contributed by atoms with Gasteiger partial charge in [-0.25, -0.2) is 0 Å². The van der Waals surface area contributed by atoms with Crippen molar-refractivity contribution in [2.75, 3.05) is 13.7 Å². The molecule has 128 valence electrons. The number of carbonyl (C=O) groups excluding carboxylic acids is 1. The first kappa shape index (κ1) is 16.8. The summed E-state index contributed by atoms with van der Waals surface area (Å²) in [5.41, 5.74) is 1.43. The zero-order valence-electron chi connectivity index (χ0n) is 14.4. The van der Waals surface area contributed by atoms with Gasteiger partial charge in [-0.3, -0.25) is 4.79 Å². The molecular weight excluding hydrogens is 314 g/mol. The standard InChI is InChI=1S/C21H21NO3/c1-3-22-21(23)17-9-11-20(24-2)18(12-17)14-25-19-10-8-15-6-4-5-7-16(15)13-19/h4-13H,3,14H2,1-2H3,(H,22,23). The normalized spacial score (nSPS) is 10.5. The highest BCUT2D eigenvalue weighted by molar-refractivity contribution is 5.94. The van der Waals surface area contributed by atoms with Crippen LogP contribution in [0, 0.1) is 0 Å². The molecule has 0 aromatic heterocycles. The van der Waals surface area contributed by atoms with E-state index in [1.807, 2.05) is 43.3 Å². The first-order valence-corrected chi connectivity index (χ1v) is 8.28. The van der Waals surface area contributed by atoms with Crippen molar-refractivity contribution in [1.82, 2.24) is 5.32 Å². The maximum atomic E-state index is 12.0. The van der Waals surface area contributed by atoms with Crippen LogP contribution < -0.4 is 14.8 Å². The van der Waals surface area contributed by atoms with Crippen molar-refractivity contribution in [3.05, 3.63) is 71.8 Å². The molecule has 0 atom stereocenters. The van der Waals surface area contributed by atoms with Crippen LogP contribution in [0.15, 0.2) is 60.7 Å². The summed E-state index contributed by atoms with van der Waals surface area (Å²) >= 11 is 0. The topological polar surface area (TPSA) is 47.6 Å². The van der Waals surface area contributed by atoms with Gasteiger partial charge in [-0.2, -0.15) is 0 Å². The number of methoxy groups -OCH3 is 1. The van der Waals surface area contributed by atoms with Crippen molar-refractivity contribution >= 4 is 16.7 Å². The third-order valence-electron chi connectivity index (χ3n) is 4.00. The van der Waals surface area contributed by atoms with Crippen LogP contribution in [0.1, 0.15) is 22.8 Å². The van der Waals surface area contributed by atoms with Crippen LogP contribution in [0.25, 0.3) is 10.8 Å². The Balaban J connectivity index is 1.80. The molecule has 0 saturated carbocycles. The Kier molecular flexibility index (Phi) is 5.19. The van der Waals surface area contributed by atoms with E-state index in [2.05, 4.69) is 17.4 Å². The van der Waals surface area contributed by atoms with Crippen LogP contribution in [-0.2, 0) is 6.61 Å². The number of hydrogen-bond donors (Lipinski definition) is 1. The second kappa shape index (κ2) is 7.71. The molecule has 1 N–H and O–H groups in total. The molecule has 0 radical (unpaired) electrons. The summed E-state index contributed by atoms with van der Waals surface area (Å²) in [4.78, 5) is 12.0. The van der Waals surface area contributed by atoms with E-state index in [1.54, 1.807) is 19.2 Å². The number of hydrogen-bond acceptors (Lipinski definition) is 3. The fourth-order valence-electron chi connectivity index (χ4n) is 2.71. The Bertz CT molecular complexity index is 889. The van der Waals surface area contributed by atoms with Gasteiger partial charge in [0, 0.05) is 17.7 Å².